The molecule has 0 spiro atoms. The maximum atomic E-state index is 13.2. The zero-order chi connectivity index (χ0) is 18.1. The number of aryl methyl sites for hydroxylation is 1. The van der Waals surface area contributed by atoms with Gasteiger partial charge in [0.15, 0.2) is 0 Å². The summed E-state index contributed by atoms with van der Waals surface area (Å²) in [4.78, 5) is 17.9. The minimum atomic E-state index is 0.256. The lowest BCUT2D eigenvalue weighted by Crippen LogP contribution is -2.51. The molecule has 0 aromatic carbocycles. The molecule has 2 aliphatic carbocycles. The average molecular weight is 358 g/mol. The third kappa shape index (κ3) is 3.45. The fourth-order valence-electron chi connectivity index (χ4n) is 5.62. The summed E-state index contributed by atoms with van der Waals surface area (Å²) in [6.45, 7) is 8.22. The second kappa shape index (κ2) is 7.75. The number of hydrogen-bond donors (Lipinski definition) is 0. The van der Waals surface area contributed by atoms with Crippen LogP contribution in [-0.2, 0) is 0 Å². The van der Waals surface area contributed by atoms with Crippen molar-refractivity contribution < 1.29 is 4.79 Å². The van der Waals surface area contributed by atoms with Crippen molar-refractivity contribution >= 4 is 5.91 Å². The fraction of sp³-hybridized carbons (Fsp3) is 0.773. The molecule has 0 atom stereocenters. The first kappa shape index (κ1) is 18.1. The van der Waals surface area contributed by atoms with E-state index in [1.807, 2.05) is 0 Å². The van der Waals surface area contributed by atoms with Crippen molar-refractivity contribution in [2.24, 2.45) is 0 Å². The summed E-state index contributed by atoms with van der Waals surface area (Å²) in [6, 6.07) is 3.53. The molecule has 3 fully saturated rings. The molecule has 144 valence electrons. The van der Waals surface area contributed by atoms with E-state index in [-0.39, 0.29) is 5.91 Å². The number of piperazine rings is 1. The summed E-state index contributed by atoms with van der Waals surface area (Å²) in [6.07, 6.45) is 12.0. The summed E-state index contributed by atoms with van der Waals surface area (Å²) >= 11 is 0. The lowest BCUT2D eigenvalue weighted by atomic mass is 9.95. The van der Waals surface area contributed by atoms with E-state index in [0.29, 0.717) is 6.04 Å². The van der Waals surface area contributed by atoms with Crippen molar-refractivity contribution in [3.05, 3.63) is 23.0 Å². The molecule has 0 unspecified atom stereocenters. The predicted octanol–water partition coefficient (Wildman–Crippen LogP) is 4.31. The van der Waals surface area contributed by atoms with Crippen LogP contribution in [0.3, 0.4) is 0 Å². The number of carbonyl (C=O) groups excluding carboxylic acids is 1. The van der Waals surface area contributed by atoms with Crippen molar-refractivity contribution in [3.63, 3.8) is 0 Å². The lowest BCUT2D eigenvalue weighted by Gasteiger charge is -2.38. The Bertz CT molecular complexity index is 630. The number of rotatable bonds is 3. The molecule has 26 heavy (non-hydrogen) atoms. The van der Waals surface area contributed by atoms with Gasteiger partial charge in [-0.05, 0) is 45.6 Å². The maximum Gasteiger partial charge on any atom is 0.255 e. The van der Waals surface area contributed by atoms with Crippen molar-refractivity contribution in [3.8, 4) is 0 Å². The van der Waals surface area contributed by atoms with Gasteiger partial charge in [0.1, 0.15) is 0 Å². The molecule has 1 amide bonds. The van der Waals surface area contributed by atoms with Crippen LogP contribution in [0.25, 0.3) is 0 Å². The molecule has 0 bridgehead atoms. The SMILES string of the molecule is Cc1cc(C(=O)N2CCN(C3CCCC3)CC2)c(C)n1C1CCCCC1. The molecule has 4 nitrogen and oxygen atoms in total. The molecular formula is C22H35N3O. The molecule has 1 aliphatic heterocycles. The minimum Gasteiger partial charge on any atom is -0.345 e. The quantitative estimate of drug-likeness (QED) is 0.806. The number of carbonyl (C=O) groups is 1. The summed E-state index contributed by atoms with van der Waals surface area (Å²) in [5.41, 5.74) is 3.40. The van der Waals surface area contributed by atoms with E-state index >= 15 is 0 Å². The van der Waals surface area contributed by atoms with E-state index < -0.39 is 0 Å². The van der Waals surface area contributed by atoms with E-state index in [2.05, 4.69) is 34.3 Å². The number of nitrogens with zero attached hydrogens (tertiary/aromatic N) is 3. The summed E-state index contributed by atoms with van der Waals surface area (Å²) in [5, 5.41) is 0. The number of hydrogen-bond acceptors (Lipinski definition) is 2. The average Bonchev–Trinajstić information content (AvgIpc) is 3.30. The zero-order valence-electron chi connectivity index (χ0n) is 16.7. The molecule has 1 saturated heterocycles. The van der Waals surface area contributed by atoms with Crippen LogP contribution in [-0.4, -0.2) is 52.5 Å². The summed E-state index contributed by atoms with van der Waals surface area (Å²) < 4.78 is 2.46. The molecule has 4 rings (SSSR count). The van der Waals surface area contributed by atoms with Gasteiger partial charge in [0.05, 0.1) is 5.56 Å². The standard InChI is InChI=1S/C22H35N3O/c1-17-16-21(18(2)25(17)20-10-4-3-5-11-20)22(26)24-14-12-23(13-15-24)19-8-6-7-9-19/h16,19-20H,3-15H2,1-2H3. The second-order valence-corrected chi connectivity index (χ2v) is 8.71. The van der Waals surface area contributed by atoms with E-state index in [9.17, 15) is 4.79 Å². The Labute approximate surface area is 158 Å². The smallest absolute Gasteiger partial charge is 0.255 e. The Morgan fingerprint density at radius 3 is 2.08 bits per heavy atom. The first-order valence-corrected chi connectivity index (χ1v) is 10.9. The third-order valence-corrected chi connectivity index (χ3v) is 7.10. The molecular weight excluding hydrogens is 322 g/mol. The highest BCUT2D eigenvalue weighted by Gasteiger charge is 2.30. The Hall–Kier alpha value is -1.29. The number of amides is 1. The van der Waals surface area contributed by atoms with Crippen LogP contribution in [0, 0.1) is 13.8 Å². The van der Waals surface area contributed by atoms with Crippen LogP contribution in [0.4, 0.5) is 0 Å². The van der Waals surface area contributed by atoms with E-state index in [1.54, 1.807) is 0 Å². The van der Waals surface area contributed by atoms with Crippen LogP contribution in [0.15, 0.2) is 6.07 Å². The first-order valence-electron chi connectivity index (χ1n) is 10.9. The van der Waals surface area contributed by atoms with E-state index in [1.165, 1.54) is 69.2 Å². The Morgan fingerprint density at radius 1 is 0.846 bits per heavy atom. The van der Waals surface area contributed by atoms with Gasteiger partial charge in [0.25, 0.3) is 5.91 Å². The van der Waals surface area contributed by atoms with Crippen molar-refractivity contribution in [2.45, 2.75) is 83.7 Å². The molecule has 1 aromatic rings. The maximum absolute atomic E-state index is 13.2. The van der Waals surface area contributed by atoms with Gasteiger partial charge in [-0.25, -0.2) is 0 Å². The predicted molar refractivity (Wildman–Crippen MR) is 106 cm³/mol. The van der Waals surface area contributed by atoms with Crippen LogP contribution in [0.2, 0.25) is 0 Å². The van der Waals surface area contributed by atoms with Gasteiger partial charge in [-0.15, -0.1) is 0 Å². The highest BCUT2D eigenvalue weighted by Crippen LogP contribution is 2.32. The van der Waals surface area contributed by atoms with Crippen molar-refractivity contribution in [1.29, 1.82) is 0 Å². The van der Waals surface area contributed by atoms with Crippen LogP contribution >= 0.6 is 0 Å². The highest BCUT2D eigenvalue weighted by molar-refractivity contribution is 5.95. The Morgan fingerprint density at radius 2 is 1.42 bits per heavy atom. The van der Waals surface area contributed by atoms with Crippen molar-refractivity contribution in [1.82, 2.24) is 14.4 Å². The van der Waals surface area contributed by atoms with E-state index in [0.717, 1.165) is 37.8 Å². The minimum absolute atomic E-state index is 0.256. The Kier molecular flexibility index (Phi) is 5.40. The first-order chi connectivity index (χ1) is 12.6. The van der Waals surface area contributed by atoms with Gasteiger partial charge in [-0.2, -0.15) is 0 Å². The number of aromatic nitrogens is 1. The molecule has 3 aliphatic rings. The molecule has 2 heterocycles. The largest absolute Gasteiger partial charge is 0.345 e. The molecule has 1 aromatic heterocycles. The highest BCUT2D eigenvalue weighted by atomic mass is 16.2. The molecule has 2 saturated carbocycles. The molecule has 0 N–H and O–H groups in total. The van der Waals surface area contributed by atoms with Gasteiger partial charge in [-0.3, -0.25) is 9.69 Å². The Balaban J connectivity index is 1.43. The lowest BCUT2D eigenvalue weighted by molar-refractivity contribution is 0.0572. The van der Waals surface area contributed by atoms with E-state index in [4.69, 9.17) is 0 Å². The molecule has 0 radical (unpaired) electrons. The van der Waals surface area contributed by atoms with Gasteiger partial charge in [-0.1, -0.05) is 32.1 Å². The van der Waals surface area contributed by atoms with Gasteiger partial charge in [0, 0.05) is 49.7 Å². The van der Waals surface area contributed by atoms with Crippen LogP contribution in [0.5, 0.6) is 0 Å². The van der Waals surface area contributed by atoms with Gasteiger partial charge in [0.2, 0.25) is 0 Å². The monoisotopic (exact) mass is 357 g/mol. The second-order valence-electron chi connectivity index (χ2n) is 8.71. The summed E-state index contributed by atoms with van der Waals surface area (Å²) in [5.74, 6) is 0.256. The fourth-order valence-corrected chi connectivity index (χ4v) is 5.62. The normalized spacial score (nSPS) is 23.7. The van der Waals surface area contributed by atoms with Gasteiger partial charge < -0.3 is 9.47 Å². The van der Waals surface area contributed by atoms with Crippen LogP contribution in [0.1, 0.15) is 85.6 Å². The zero-order valence-corrected chi connectivity index (χ0v) is 16.7. The van der Waals surface area contributed by atoms with Crippen LogP contribution < -0.4 is 0 Å². The molecule has 4 heteroatoms. The summed E-state index contributed by atoms with van der Waals surface area (Å²) in [7, 11) is 0. The van der Waals surface area contributed by atoms with Crippen molar-refractivity contribution in [2.75, 3.05) is 26.2 Å². The topological polar surface area (TPSA) is 28.5 Å². The third-order valence-electron chi connectivity index (χ3n) is 7.10. The van der Waals surface area contributed by atoms with Gasteiger partial charge >= 0.3 is 0 Å².